The molecule has 1 aromatic rings. The van der Waals surface area contributed by atoms with Gasteiger partial charge in [-0.15, -0.1) is 24.0 Å². The highest BCUT2D eigenvalue weighted by Gasteiger charge is 2.19. The van der Waals surface area contributed by atoms with Crippen LogP contribution in [0.5, 0.6) is 11.5 Å². The third kappa shape index (κ3) is 7.03. The molecule has 0 heterocycles. The first-order valence-corrected chi connectivity index (χ1v) is 9.44. The van der Waals surface area contributed by atoms with Gasteiger partial charge in [-0.25, -0.2) is 0 Å². The van der Waals surface area contributed by atoms with Crippen molar-refractivity contribution in [3.63, 3.8) is 0 Å². The minimum atomic E-state index is 0. The molecule has 0 saturated heterocycles. The van der Waals surface area contributed by atoms with Crippen LogP contribution in [0, 0.1) is 0 Å². The van der Waals surface area contributed by atoms with E-state index >= 15 is 0 Å². The fourth-order valence-electron chi connectivity index (χ4n) is 3.49. The van der Waals surface area contributed by atoms with Crippen molar-refractivity contribution in [2.75, 3.05) is 41.9 Å². The van der Waals surface area contributed by atoms with Crippen LogP contribution < -0.4 is 20.1 Å². The average molecular weight is 490 g/mol. The Bertz CT molecular complexity index is 589. The molecule has 27 heavy (non-hydrogen) atoms. The second kappa shape index (κ2) is 12.3. The number of rotatable bonds is 7. The van der Waals surface area contributed by atoms with Crippen LogP contribution in [0.2, 0.25) is 0 Å². The summed E-state index contributed by atoms with van der Waals surface area (Å²) in [7, 11) is 9.32. The maximum atomic E-state index is 5.45. The molecule has 1 aliphatic rings. The van der Waals surface area contributed by atoms with E-state index < -0.39 is 0 Å². The number of guanidine groups is 1. The Labute approximate surface area is 181 Å². The Morgan fingerprint density at radius 3 is 2.37 bits per heavy atom. The van der Waals surface area contributed by atoms with Crippen molar-refractivity contribution < 1.29 is 9.47 Å². The van der Waals surface area contributed by atoms with Gasteiger partial charge in [-0.05, 0) is 44.6 Å². The van der Waals surface area contributed by atoms with E-state index in [1.54, 1.807) is 14.2 Å². The zero-order chi connectivity index (χ0) is 18.9. The predicted octanol–water partition coefficient (Wildman–Crippen LogP) is 3.42. The summed E-state index contributed by atoms with van der Waals surface area (Å²) >= 11 is 0. The lowest BCUT2D eigenvalue weighted by molar-refractivity contribution is 0.295. The second-order valence-corrected chi connectivity index (χ2v) is 7.03. The third-order valence-corrected chi connectivity index (χ3v) is 5.05. The Kier molecular flexibility index (Phi) is 10.8. The molecule has 0 aliphatic heterocycles. The summed E-state index contributed by atoms with van der Waals surface area (Å²) in [6, 6.07) is 6.82. The fraction of sp³-hybridized carbons (Fsp3) is 0.650. The first kappa shape index (κ1) is 23.8. The van der Waals surface area contributed by atoms with Crippen LogP contribution in [-0.2, 0) is 0 Å². The quantitative estimate of drug-likeness (QED) is 0.349. The lowest BCUT2D eigenvalue weighted by atomic mass is 9.96. The average Bonchev–Trinajstić information content (AvgIpc) is 2.67. The Hall–Kier alpha value is -1.22. The fourth-order valence-corrected chi connectivity index (χ4v) is 3.49. The van der Waals surface area contributed by atoms with Crippen LogP contribution in [0.15, 0.2) is 23.2 Å². The Morgan fingerprint density at radius 1 is 1.15 bits per heavy atom. The number of hydrogen-bond acceptors (Lipinski definition) is 4. The van der Waals surface area contributed by atoms with Crippen LogP contribution in [0.1, 0.15) is 43.7 Å². The number of nitrogens with zero attached hydrogens (tertiary/aromatic N) is 2. The van der Waals surface area contributed by atoms with Gasteiger partial charge >= 0.3 is 0 Å². The molecule has 0 spiro atoms. The van der Waals surface area contributed by atoms with Crippen LogP contribution in [0.4, 0.5) is 0 Å². The van der Waals surface area contributed by atoms with Crippen molar-refractivity contribution in [1.82, 2.24) is 15.5 Å². The molecule has 2 rings (SSSR count). The van der Waals surface area contributed by atoms with Gasteiger partial charge in [-0.2, -0.15) is 0 Å². The molecule has 154 valence electrons. The minimum absolute atomic E-state index is 0. The van der Waals surface area contributed by atoms with Gasteiger partial charge in [0.2, 0.25) is 0 Å². The Morgan fingerprint density at radius 2 is 1.81 bits per heavy atom. The van der Waals surface area contributed by atoms with E-state index in [0.29, 0.717) is 6.04 Å². The summed E-state index contributed by atoms with van der Waals surface area (Å²) in [5, 5.41) is 7.06. The minimum Gasteiger partial charge on any atom is -0.493 e. The van der Waals surface area contributed by atoms with E-state index in [4.69, 9.17) is 9.47 Å². The summed E-state index contributed by atoms with van der Waals surface area (Å²) in [6.45, 7) is 0.759. The molecule has 1 saturated carbocycles. The molecule has 7 heteroatoms. The van der Waals surface area contributed by atoms with Gasteiger partial charge in [0.25, 0.3) is 0 Å². The summed E-state index contributed by atoms with van der Waals surface area (Å²) in [4.78, 5) is 6.60. The molecule has 1 aliphatic carbocycles. The number of methoxy groups -OCH3 is 2. The summed E-state index contributed by atoms with van der Waals surface area (Å²) < 4.78 is 10.8. The van der Waals surface area contributed by atoms with Crippen molar-refractivity contribution in [3.8, 4) is 11.5 Å². The summed E-state index contributed by atoms with van der Waals surface area (Å²) in [5.74, 6) is 2.38. The molecule has 0 amide bonds. The summed E-state index contributed by atoms with van der Waals surface area (Å²) in [5.41, 5.74) is 1.17. The maximum Gasteiger partial charge on any atom is 0.191 e. The molecular weight excluding hydrogens is 455 g/mol. The number of halogens is 1. The molecule has 0 bridgehead atoms. The first-order valence-electron chi connectivity index (χ1n) is 9.44. The highest BCUT2D eigenvalue weighted by molar-refractivity contribution is 14.0. The highest BCUT2D eigenvalue weighted by Crippen LogP contribution is 2.31. The second-order valence-electron chi connectivity index (χ2n) is 7.03. The van der Waals surface area contributed by atoms with E-state index in [0.717, 1.165) is 24.0 Å². The van der Waals surface area contributed by atoms with Gasteiger partial charge in [-0.1, -0.05) is 25.3 Å². The van der Waals surface area contributed by atoms with Gasteiger partial charge in [0.15, 0.2) is 17.5 Å². The van der Waals surface area contributed by atoms with Crippen LogP contribution in [-0.4, -0.2) is 58.8 Å². The van der Waals surface area contributed by atoms with Crippen molar-refractivity contribution in [3.05, 3.63) is 23.8 Å². The van der Waals surface area contributed by atoms with E-state index in [1.165, 1.54) is 37.7 Å². The lowest BCUT2D eigenvalue weighted by Gasteiger charge is -2.28. The van der Waals surface area contributed by atoms with E-state index in [-0.39, 0.29) is 30.0 Å². The topological polar surface area (TPSA) is 58.1 Å². The van der Waals surface area contributed by atoms with Crippen LogP contribution >= 0.6 is 24.0 Å². The largest absolute Gasteiger partial charge is 0.493 e. The number of nitrogens with one attached hydrogen (secondary N) is 2. The van der Waals surface area contributed by atoms with Crippen molar-refractivity contribution in [1.29, 1.82) is 0 Å². The third-order valence-electron chi connectivity index (χ3n) is 5.05. The predicted molar refractivity (Wildman–Crippen MR) is 123 cm³/mol. The van der Waals surface area contributed by atoms with E-state index in [2.05, 4.69) is 40.7 Å². The number of likely N-dealkylation sites (N-methyl/N-ethyl adjacent to an activating group) is 1. The van der Waals surface area contributed by atoms with E-state index in [9.17, 15) is 0 Å². The number of benzene rings is 1. The molecule has 1 atom stereocenters. The molecule has 6 nitrogen and oxygen atoms in total. The zero-order valence-corrected chi connectivity index (χ0v) is 19.6. The van der Waals surface area contributed by atoms with Crippen LogP contribution in [0.25, 0.3) is 0 Å². The zero-order valence-electron chi connectivity index (χ0n) is 17.2. The number of aliphatic imine (C=N–C) groups is 1. The molecule has 0 radical (unpaired) electrons. The molecule has 2 N–H and O–H groups in total. The number of hydrogen-bond donors (Lipinski definition) is 2. The van der Waals surface area contributed by atoms with Crippen LogP contribution in [0.3, 0.4) is 0 Å². The van der Waals surface area contributed by atoms with Crippen molar-refractivity contribution >= 4 is 29.9 Å². The lowest BCUT2D eigenvalue weighted by Crippen LogP contribution is -2.46. The normalized spacial score (nSPS) is 16.4. The monoisotopic (exact) mass is 490 g/mol. The standard InChI is InChI=1S/C20H34N4O2.HI/c1-21-20(23-16-9-7-6-8-10-16)22-14-17(24(2)3)15-11-12-18(25-4)19(13-15)26-5;/h11-13,16-17H,6-10,14H2,1-5H3,(H2,21,22,23);1H. The molecule has 1 aromatic carbocycles. The van der Waals surface area contributed by atoms with Gasteiger partial charge in [0, 0.05) is 19.6 Å². The molecule has 0 aromatic heterocycles. The number of ether oxygens (including phenoxy) is 2. The Balaban J connectivity index is 0.00000364. The smallest absolute Gasteiger partial charge is 0.191 e. The molecular formula is C20H35IN4O2. The van der Waals surface area contributed by atoms with Crippen molar-refractivity contribution in [2.45, 2.75) is 44.2 Å². The molecule has 1 fully saturated rings. The first-order chi connectivity index (χ1) is 12.6. The van der Waals surface area contributed by atoms with Gasteiger partial charge in [0.05, 0.1) is 20.3 Å². The maximum absolute atomic E-state index is 5.45. The van der Waals surface area contributed by atoms with E-state index in [1.807, 2.05) is 19.2 Å². The summed E-state index contributed by atoms with van der Waals surface area (Å²) in [6.07, 6.45) is 6.43. The van der Waals surface area contributed by atoms with Crippen molar-refractivity contribution in [2.24, 2.45) is 4.99 Å². The van der Waals surface area contributed by atoms with Gasteiger partial charge in [0.1, 0.15) is 0 Å². The van der Waals surface area contributed by atoms with Gasteiger partial charge < -0.3 is 25.0 Å². The molecule has 1 unspecified atom stereocenters. The highest BCUT2D eigenvalue weighted by atomic mass is 127. The van der Waals surface area contributed by atoms with Gasteiger partial charge in [-0.3, -0.25) is 4.99 Å². The SMILES string of the molecule is CN=C(NCC(c1ccc(OC)c(OC)c1)N(C)C)NC1CCCCC1.I.